The van der Waals surface area contributed by atoms with Crippen LogP contribution in [-0.2, 0) is 9.53 Å². The molecule has 2 aromatic rings. The van der Waals surface area contributed by atoms with E-state index in [9.17, 15) is 9.59 Å². The van der Waals surface area contributed by atoms with Gasteiger partial charge in [0, 0.05) is 5.69 Å². The van der Waals surface area contributed by atoms with Crippen molar-refractivity contribution in [3.8, 4) is 5.75 Å². The Kier molecular flexibility index (Phi) is 7.50. The maximum Gasteiger partial charge on any atom is 0.338 e. The fraction of sp³-hybridized carbons (Fsp3) is 0.440. The number of rotatable bonds is 7. The Bertz CT molecular complexity index is 836. The Morgan fingerprint density at radius 2 is 1.53 bits per heavy atom. The van der Waals surface area contributed by atoms with E-state index in [1.165, 1.54) is 12.0 Å². The summed E-state index contributed by atoms with van der Waals surface area (Å²) in [6.07, 6.45) is 4.71. The molecule has 1 atom stereocenters. The summed E-state index contributed by atoms with van der Waals surface area (Å²) in [4.78, 5) is 24.7. The van der Waals surface area contributed by atoms with Crippen LogP contribution in [0.25, 0.3) is 0 Å². The third-order valence-corrected chi connectivity index (χ3v) is 5.44. The molecule has 1 fully saturated rings. The Balaban J connectivity index is 1.51. The van der Waals surface area contributed by atoms with Crippen molar-refractivity contribution in [2.75, 3.05) is 5.32 Å². The molecule has 0 saturated heterocycles. The van der Waals surface area contributed by atoms with E-state index in [-0.39, 0.29) is 18.0 Å². The van der Waals surface area contributed by atoms with E-state index in [1.807, 2.05) is 24.3 Å². The van der Waals surface area contributed by atoms with Gasteiger partial charge < -0.3 is 14.8 Å². The van der Waals surface area contributed by atoms with Crippen LogP contribution in [0.2, 0.25) is 0 Å². The molecule has 0 aliphatic heterocycles. The van der Waals surface area contributed by atoms with Crippen LogP contribution in [0.3, 0.4) is 0 Å². The second-order valence-electron chi connectivity index (χ2n) is 8.22. The zero-order valence-corrected chi connectivity index (χ0v) is 18.0. The number of hydrogen-bond donors (Lipinski definition) is 1. The Morgan fingerprint density at radius 3 is 2.13 bits per heavy atom. The highest BCUT2D eigenvalue weighted by Gasteiger charge is 2.19. The Morgan fingerprint density at radius 1 is 0.900 bits per heavy atom. The minimum absolute atomic E-state index is 0.0261. The quantitative estimate of drug-likeness (QED) is 0.595. The minimum atomic E-state index is -0.647. The van der Waals surface area contributed by atoms with Crippen molar-refractivity contribution < 1.29 is 19.1 Å². The lowest BCUT2D eigenvalue weighted by atomic mass is 9.98. The summed E-state index contributed by atoms with van der Waals surface area (Å²) in [5, 5.41) is 2.82. The van der Waals surface area contributed by atoms with Crippen molar-refractivity contribution in [2.45, 2.75) is 71.0 Å². The highest BCUT2D eigenvalue weighted by atomic mass is 16.5. The van der Waals surface area contributed by atoms with Crippen LogP contribution in [0.15, 0.2) is 48.5 Å². The molecule has 1 amide bonds. The van der Waals surface area contributed by atoms with Crippen LogP contribution in [0.5, 0.6) is 5.75 Å². The monoisotopic (exact) mass is 409 g/mol. The zero-order chi connectivity index (χ0) is 21.5. The number of esters is 1. The predicted molar refractivity (Wildman–Crippen MR) is 118 cm³/mol. The molecule has 0 bridgehead atoms. The first-order chi connectivity index (χ1) is 14.4. The van der Waals surface area contributed by atoms with E-state index in [0.717, 1.165) is 25.7 Å². The first kappa shape index (κ1) is 21.9. The maximum absolute atomic E-state index is 12.4. The summed E-state index contributed by atoms with van der Waals surface area (Å²) in [6.45, 7) is 5.97. The fourth-order valence-corrected chi connectivity index (χ4v) is 3.52. The van der Waals surface area contributed by atoms with E-state index >= 15 is 0 Å². The smallest absolute Gasteiger partial charge is 0.338 e. The number of carbonyl (C=O) groups is 2. The number of nitrogens with one attached hydrogen (secondary N) is 1. The van der Waals surface area contributed by atoms with Crippen LogP contribution < -0.4 is 10.1 Å². The number of anilines is 1. The van der Waals surface area contributed by atoms with Crippen molar-refractivity contribution in [1.29, 1.82) is 0 Å². The molecule has 0 spiro atoms. The van der Waals surface area contributed by atoms with Gasteiger partial charge in [-0.25, -0.2) is 4.79 Å². The average Bonchev–Trinajstić information content (AvgIpc) is 2.75. The molecule has 1 saturated carbocycles. The number of hydrogen-bond acceptors (Lipinski definition) is 4. The maximum atomic E-state index is 12.4. The van der Waals surface area contributed by atoms with E-state index in [1.54, 1.807) is 31.2 Å². The number of amides is 1. The molecule has 2 aromatic carbocycles. The van der Waals surface area contributed by atoms with Gasteiger partial charge in [-0.05, 0) is 80.5 Å². The van der Waals surface area contributed by atoms with Crippen LogP contribution >= 0.6 is 0 Å². The van der Waals surface area contributed by atoms with Crippen molar-refractivity contribution in [1.82, 2.24) is 0 Å². The lowest BCUT2D eigenvalue weighted by molar-refractivity contribution is -0.122. The molecule has 1 aliphatic carbocycles. The van der Waals surface area contributed by atoms with Gasteiger partial charge in [0.2, 0.25) is 0 Å². The highest BCUT2D eigenvalue weighted by Crippen LogP contribution is 2.22. The van der Waals surface area contributed by atoms with Crippen molar-refractivity contribution in [3.63, 3.8) is 0 Å². The topological polar surface area (TPSA) is 64.6 Å². The molecule has 5 nitrogen and oxygen atoms in total. The Labute approximate surface area is 178 Å². The Hall–Kier alpha value is -2.82. The summed E-state index contributed by atoms with van der Waals surface area (Å²) in [6, 6.07) is 14.6. The molecular formula is C25H31NO4. The number of ether oxygens (including phenoxy) is 2. The first-order valence-corrected chi connectivity index (χ1v) is 10.8. The van der Waals surface area contributed by atoms with Crippen LogP contribution in [0.1, 0.15) is 74.7 Å². The lowest BCUT2D eigenvalue weighted by Gasteiger charge is -2.21. The number of benzene rings is 2. The third kappa shape index (κ3) is 6.09. The van der Waals surface area contributed by atoms with Gasteiger partial charge in [-0.3, -0.25) is 4.79 Å². The van der Waals surface area contributed by atoms with E-state index in [2.05, 4.69) is 19.2 Å². The summed E-state index contributed by atoms with van der Waals surface area (Å²) in [5.74, 6) is 0.548. The van der Waals surface area contributed by atoms with Crippen molar-refractivity contribution >= 4 is 17.6 Å². The molecule has 1 aliphatic rings. The summed E-state index contributed by atoms with van der Waals surface area (Å²) in [5.41, 5.74) is 2.33. The van der Waals surface area contributed by atoms with E-state index in [0.29, 0.717) is 22.9 Å². The summed E-state index contributed by atoms with van der Waals surface area (Å²) < 4.78 is 11.3. The standard InChI is InChI=1S/C25H31NO4/c1-17(2)19-11-15-23(16-12-19)29-18(3)24(27)26-21-13-9-20(10-14-21)25(28)30-22-7-5-4-6-8-22/h9-18,22H,4-8H2,1-3H3,(H,26,27). The lowest BCUT2D eigenvalue weighted by Crippen LogP contribution is -2.30. The van der Waals surface area contributed by atoms with Gasteiger partial charge in [-0.2, -0.15) is 0 Å². The molecule has 1 N–H and O–H groups in total. The molecule has 1 unspecified atom stereocenters. The van der Waals surface area contributed by atoms with Gasteiger partial charge in [-0.1, -0.05) is 32.4 Å². The second kappa shape index (κ2) is 10.3. The molecule has 3 rings (SSSR count). The van der Waals surface area contributed by atoms with Crippen LogP contribution in [0.4, 0.5) is 5.69 Å². The predicted octanol–water partition coefficient (Wildman–Crippen LogP) is 5.71. The molecule has 160 valence electrons. The van der Waals surface area contributed by atoms with Gasteiger partial charge in [0.05, 0.1) is 5.56 Å². The SMILES string of the molecule is CC(Oc1ccc(C(C)C)cc1)C(=O)Nc1ccc(C(=O)OC2CCCCC2)cc1. The summed E-state index contributed by atoms with van der Waals surface area (Å²) >= 11 is 0. The van der Waals surface area contributed by atoms with Gasteiger partial charge in [-0.15, -0.1) is 0 Å². The summed E-state index contributed by atoms with van der Waals surface area (Å²) in [7, 11) is 0. The molecule has 0 radical (unpaired) electrons. The first-order valence-electron chi connectivity index (χ1n) is 10.8. The molecule has 30 heavy (non-hydrogen) atoms. The van der Waals surface area contributed by atoms with Crippen LogP contribution in [-0.4, -0.2) is 24.1 Å². The van der Waals surface area contributed by atoms with Gasteiger partial charge in [0.15, 0.2) is 6.10 Å². The molecule has 0 aromatic heterocycles. The third-order valence-electron chi connectivity index (χ3n) is 5.44. The van der Waals surface area contributed by atoms with E-state index in [4.69, 9.17) is 9.47 Å². The molecule has 0 heterocycles. The highest BCUT2D eigenvalue weighted by molar-refractivity contribution is 5.95. The zero-order valence-electron chi connectivity index (χ0n) is 18.0. The minimum Gasteiger partial charge on any atom is -0.481 e. The average molecular weight is 410 g/mol. The van der Waals surface area contributed by atoms with Crippen molar-refractivity contribution in [3.05, 3.63) is 59.7 Å². The van der Waals surface area contributed by atoms with E-state index < -0.39 is 6.10 Å². The number of carbonyl (C=O) groups excluding carboxylic acids is 2. The van der Waals surface area contributed by atoms with Crippen LogP contribution in [0, 0.1) is 0 Å². The molecular weight excluding hydrogens is 378 g/mol. The van der Waals surface area contributed by atoms with Crippen molar-refractivity contribution in [2.24, 2.45) is 0 Å². The van der Waals surface area contributed by atoms with Gasteiger partial charge in [0.1, 0.15) is 11.9 Å². The fourth-order valence-electron chi connectivity index (χ4n) is 3.52. The molecule has 5 heteroatoms. The normalized spacial score (nSPS) is 15.5. The second-order valence-corrected chi connectivity index (χ2v) is 8.22. The van der Waals surface area contributed by atoms with Gasteiger partial charge in [0.25, 0.3) is 5.91 Å². The largest absolute Gasteiger partial charge is 0.481 e. The van der Waals surface area contributed by atoms with Gasteiger partial charge >= 0.3 is 5.97 Å².